The molecule has 0 heterocycles. The molecule has 0 saturated carbocycles. The van der Waals surface area contributed by atoms with Crippen LogP contribution in [0.5, 0.6) is 0 Å². The zero-order chi connectivity index (χ0) is 13.0. The predicted octanol–water partition coefficient (Wildman–Crippen LogP) is 1.31. The minimum absolute atomic E-state index is 0.359. The number of carboxylic acids is 1. The average molecular weight is 235 g/mol. The number of aliphatic hydroxyl groups is 1. The van der Waals surface area contributed by atoms with Crippen LogP contribution in [-0.2, 0) is 9.59 Å². The second-order valence-corrected chi connectivity index (χ2v) is 3.64. The van der Waals surface area contributed by atoms with Crippen molar-refractivity contribution in [2.45, 2.75) is 0 Å². The fourth-order valence-electron chi connectivity index (χ4n) is 1.20. The molecule has 0 aliphatic rings. The van der Waals surface area contributed by atoms with Crippen LogP contribution in [0.1, 0.15) is 5.56 Å². The van der Waals surface area contributed by atoms with Crippen LogP contribution in [0.4, 0.5) is 5.69 Å². The first kappa shape index (κ1) is 12.8. The summed E-state index contributed by atoms with van der Waals surface area (Å²) in [5.74, 6) is -3.11. The molecule has 1 aromatic carbocycles. The van der Waals surface area contributed by atoms with Gasteiger partial charge in [-0.05, 0) is 24.3 Å². The van der Waals surface area contributed by atoms with E-state index in [1.807, 2.05) is 19.0 Å². The number of benzene rings is 1. The van der Waals surface area contributed by atoms with Gasteiger partial charge in [0.2, 0.25) is 0 Å². The van der Waals surface area contributed by atoms with Gasteiger partial charge in [0.25, 0.3) is 5.78 Å². The van der Waals surface area contributed by atoms with Gasteiger partial charge in [0.15, 0.2) is 0 Å². The smallest absolute Gasteiger partial charge is 0.376 e. The van der Waals surface area contributed by atoms with Crippen molar-refractivity contribution in [2.24, 2.45) is 0 Å². The van der Waals surface area contributed by atoms with Crippen molar-refractivity contribution in [3.63, 3.8) is 0 Å². The Kier molecular flexibility index (Phi) is 3.87. The standard InChI is InChI=1S/C12H13NO4/c1-13(2)9-5-3-8(4-6-9)10(14)7-11(15)12(16)17/h3-7,14H,1-2H3,(H,16,17). The summed E-state index contributed by atoms with van der Waals surface area (Å²) in [5.41, 5.74) is 1.33. The largest absolute Gasteiger partial charge is 0.507 e. The Balaban J connectivity index is 2.94. The van der Waals surface area contributed by atoms with Gasteiger partial charge < -0.3 is 15.1 Å². The third-order valence-corrected chi connectivity index (χ3v) is 2.16. The molecule has 0 amide bonds. The van der Waals surface area contributed by atoms with Crippen LogP contribution in [0.2, 0.25) is 0 Å². The Hall–Kier alpha value is -2.30. The van der Waals surface area contributed by atoms with Gasteiger partial charge in [-0.15, -0.1) is 0 Å². The summed E-state index contributed by atoms with van der Waals surface area (Å²) in [7, 11) is 3.75. The molecule has 0 atom stereocenters. The summed E-state index contributed by atoms with van der Waals surface area (Å²) in [6.07, 6.45) is 0.688. The summed E-state index contributed by atoms with van der Waals surface area (Å²) >= 11 is 0. The molecular formula is C12H13NO4. The van der Waals surface area contributed by atoms with E-state index in [0.717, 1.165) is 5.69 Å². The number of ketones is 1. The number of carbonyl (C=O) groups excluding carboxylic acids is 1. The quantitative estimate of drug-likeness (QED) is 0.467. The number of carbonyl (C=O) groups is 2. The van der Waals surface area contributed by atoms with Gasteiger partial charge in [0.05, 0.1) is 0 Å². The maximum absolute atomic E-state index is 10.9. The van der Waals surface area contributed by atoms with E-state index in [2.05, 4.69) is 0 Å². The summed E-state index contributed by atoms with van der Waals surface area (Å²) < 4.78 is 0. The molecule has 17 heavy (non-hydrogen) atoms. The molecule has 0 spiro atoms. The molecule has 1 aromatic rings. The molecule has 0 bridgehead atoms. The second-order valence-electron chi connectivity index (χ2n) is 3.64. The Bertz CT molecular complexity index is 460. The van der Waals surface area contributed by atoms with E-state index in [4.69, 9.17) is 5.11 Å². The van der Waals surface area contributed by atoms with Crippen molar-refractivity contribution in [3.8, 4) is 0 Å². The number of aliphatic carboxylic acids is 1. The molecule has 0 radical (unpaired) electrons. The highest BCUT2D eigenvalue weighted by Gasteiger charge is 2.10. The molecule has 0 aromatic heterocycles. The SMILES string of the molecule is CN(C)c1ccc(C(O)=CC(=O)C(=O)O)cc1. The highest BCUT2D eigenvalue weighted by Crippen LogP contribution is 2.16. The Morgan fingerprint density at radius 2 is 1.65 bits per heavy atom. The lowest BCUT2D eigenvalue weighted by Crippen LogP contribution is -2.10. The molecule has 0 fully saturated rings. The lowest BCUT2D eigenvalue weighted by molar-refractivity contribution is -0.146. The normalized spacial score (nSPS) is 11.1. The maximum Gasteiger partial charge on any atom is 0.376 e. The highest BCUT2D eigenvalue weighted by atomic mass is 16.4. The molecule has 0 aliphatic heterocycles. The van der Waals surface area contributed by atoms with Gasteiger partial charge in [-0.25, -0.2) is 4.79 Å². The third-order valence-electron chi connectivity index (χ3n) is 2.16. The van der Waals surface area contributed by atoms with E-state index in [1.54, 1.807) is 24.3 Å². The minimum atomic E-state index is -1.60. The monoisotopic (exact) mass is 235 g/mol. The predicted molar refractivity (Wildman–Crippen MR) is 64.0 cm³/mol. The van der Waals surface area contributed by atoms with Crippen LogP contribution in [0.3, 0.4) is 0 Å². The van der Waals surface area contributed by atoms with Crippen LogP contribution < -0.4 is 4.90 Å². The zero-order valence-corrected chi connectivity index (χ0v) is 9.54. The Labute approximate surface area is 98.6 Å². The van der Waals surface area contributed by atoms with Gasteiger partial charge in [0, 0.05) is 31.4 Å². The van der Waals surface area contributed by atoms with Crippen LogP contribution in [0, 0.1) is 0 Å². The lowest BCUT2D eigenvalue weighted by atomic mass is 10.1. The fourth-order valence-corrected chi connectivity index (χ4v) is 1.20. The first-order chi connectivity index (χ1) is 7.91. The zero-order valence-electron chi connectivity index (χ0n) is 9.54. The third kappa shape index (κ3) is 3.34. The second kappa shape index (κ2) is 5.16. The van der Waals surface area contributed by atoms with Gasteiger partial charge in [-0.1, -0.05) is 0 Å². The average Bonchev–Trinajstić information content (AvgIpc) is 2.28. The van der Waals surface area contributed by atoms with Gasteiger partial charge in [-0.2, -0.15) is 0 Å². The molecule has 5 nitrogen and oxygen atoms in total. The first-order valence-electron chi connectivity index (χ1n) is 4.87. The van der Waals surface area contributed by atoms with Gasteiger partial charge in [0.1, 0.15) is 5.76 Å². The molecule has 0 saturated heterocycles. The van der Waals surface area contributed by atoms with Crippen molar-refractivity contribution < 1.29 is 19.8 Å². The van der Waals surface area contributed by atoms with E-state index in [1.165, 1.54) is 0 Å². The lowest BCUT2D eigenvalue weighted by Gasteiger charge is -2.12. The summed E-state index contributed by atoms with van der Waals surface area (Å²) in [5, 5.41) is 17.9. The van der Waals surface area contributed by atoms with Gasteiger partial charge >= 0.3 is 5.97 Å². The van der Waals surface area contributed by atoms with Crippen molar-refractivity contribution in [3.05, 3.63) is 35.9 Å². The van der Waals surface area contributed by atoms with Crippen LogP contribution >= 0.6 is 0 Å². The van der Waals surface area contributed by atoms with Gasteiger partial charge in [-0.3, -0.25) is 4.79 Å². The number of carboxylic acid groups (broad SMARTS) is 1. The number of rotatable bonds is 4. The van der Waals surface area contributed by atoms with Crippen molar-refractivity contribution in [2.75, 3.05) is 19.0 Å². The first-order valence-corrected chi connectivity index (χ1v) is 4.87. The molecule has 90 valence electrons. The molecule has 1 rings (SSSR count). The summed E-state index contributed by atoms with van der Waals surface area (Å²) in [6, 6.07) is 6.72. The number of hydrogen-bond acceptors (Lipinski definition) is 4. The van der Waals surface area contributed by atoms with Crippen LogP contribution in [-0.4, -0.2) is 36.1 Å². The van der Waals surface area contributed by atoms with Crippen LogP contribution in [0.25, 0.3) is 5.76 Å². The molecular weight excluding hydrogens is 222 g/mol. The van der Waals surface area contributed by atoms with Crippen molar-refractivity contribution in [1.82, 2.24) is 0 Å². The van der Waals surface area contributed by atoms with E-state index in [0.29, 0.717) is 11.6 Å². The number of anilines is 1. The molecule has 0 unspecified atom stereocenters. The fraction of sp³-hybridized carbons (Fsp3) is 0.167. The Morgan fingerprint density at radius 3 is 2.06 bits per heavy atom. The Morgan fingerprint density at radius 1 is 1.12 bits per heavy atom. The van der Waals surface area contributed by atoms with Crippen molar-refractivity contribution in [1.29, 1.82) is 0 Å². The van der Waals surface area contributed by atoms with E-state index >= 15 is 0 Å². The van der Waals surface area contributed by atoms with E-state index < -0.39 is 11.8 Å². The minimum Gasteiger partial charge on any atom is -0.507 e. The topological polar surface area (TPSA) is 77.8 Å². The van der Waals surface area contributed by atoms with E-state index in [-0.39, 0.29) is 5.76 Å². The van der Waals surface area contributed by atoms with Crippen molar-refractivity contribution >= 4 is 23.2 Å². The molecule has 5 heteroatoms. The number of aliphatic hydroxyl groups excluding tert-OH is 1. The molecule has 0 aliphatic carbocycles. The van der Waals surface area contributed by atoms with E-state index in [9.17, 15) is 14.7 Å². The molecule has 2 N–H and O–H groups in total. The number of nitrogens with zero attached hydrogens (tertiary/aromatic N) is 1. The number of hydrogen-bond donors (Lipinski definition) is 2. The summed E-state index contributed by atoms with van der Waals surface area (Å²) in [6.45, 7) is 0. The highest BCUT2D eigenvalue weighted by molar-refractivity contribution is 6.38. The maximum atomic E-state index is 10.9. The van der Waals surface area contributed by atoms with Crippen LogP contribution in [0.15, 0.2) is 30.3 Å². The summed E-state index contributed by atoms with van der Waals surface area (Å²) in [4.78, 5) is 23.0.